The lowest BCUT2D eigenvalue weighted by atomic mass is 10.3. The minimum atomic E-state index is -0.515. The molecule has 3 rings (SSSR count). The molecule has 0 amide bonds. The molecule has 112 valence electrons. The molecule has 0 aliphatic heterocycles. The van der Waals surface area contributed by atoms with Gasteiger partial charge in [0.05, 0.1) is 16.4 Å². The van der Waals surface area contributed by atoms with Crippen LogP contribution in [0.25, 0.3) is 5.69 Å². The predicted octanol–water partition coefficient (Wildman–Crippen LogP) is 2.78. The van der Waals surface area contributed by atoms with Crippen LogP contribution in [-0.4, -0.2) is 31.2 Å². The predicted molar refractivity (Wildman–Crippen MR) is 80.4 cm³/mol. The molecule has 0 radical (unpaired) electrons. The minimum absolute atomic E-state index is 0.0782. The number of aromatic nitrogens is 5. The fourth-order valence-corrected chi connectivity index (χ4v) is 2.76. The van der Waals surface area contributed by atoms with Crippen molar-refractivity contribution in [2.45, 2.75) is 6.61 Å². The molecule has 0 spiro atoms. The maximum absolute atomic E-state index is 12.2. The van der Waals surface area contributed by atoms with Gasteiger partial charge in [-0.15, -0.1) is 16.4 Å². The molecule has 0 aliphatic rings. The maximum Gasteiger partial charge on any atom is 0.350 e. The second kappa shape index (κ2) is 6.39. The van der Waals surface area contributed by atoms with E-state index < -0.39 is 5.97 Å². The van der Waals surface area contributed by atoms with E-state index in [1.165, 1.54) is 22.3 Å². The average Bonchev–Trinajstić information content (AvgIpc) is 3.17. The molecular formula is C12H7Cl2N5O2S. The monoisotopic (exact) mass is 355 g/mol. The lowest BCUT2D eigenvalue weighted by Gasteiger charge is -2.06. The summed E-state index contributed by atoms with van der Waals surface area (Å²) in [6.07, 6.45) is 1.40. The number of esters is 1. The Morgan fingerprint density at radius 2 is 2.18 bits per heavy atom. The quantitative estimate of drug-likeness (QED) is 0.528. The Morgan fingerprint density at radius 3 is 2.95 bits per heavy atom. The molecule has 0 aromatic carbocycles. The van der Waals surface area contributed by atoms with E-state index in [0.29, 0.717) is 21.3 Å². The molecule has 22 heavy (non-hydrogen) atoms. The summed E-state index contributed by atoms with van der Waals surface area (Å²) in [6.45, 7) is -0.0782. The number of hydrogen-bond acceptors (Lipinski definition) is 7. The second-order valence-corrected chi connectivity index (χ2v) is 5.74. The summed E-state index contributed by atoms with van der Waals surface area (Å²) < 4.78 is 6.62. The first-order chi connectivity index (χ1) is 10.6. The number of nitrogens with zero attached hydrogens (tertiary/aromatic N) is 5. The Hall–Kier alpha value is -2.03. The van der Waals surface area contributed by atoms with Crippen LogP contribution in [0.5, 0.6) is 0 Å². The van der Waals surface area contributed by atoms with Crippen LogP contribution in [0.4, 0.5) is 0 Å². The van der Waals surface area contributed by atoms with Crippen molar-refractivity contribution in [3.63, 3.8) is 0 Å². The molecule has 0 bridgehead atoms. The summed E-state index contributed by atoms with van der Waals surface area (Å²) in [6, 6.07) is 4.88. The highest BCUT2D eigenvalue weighted by Gasteiger charge is 2.18. The molecule has 3 heterocycles. The summed E-state index contributed by atoms with van der Waals surface area (Å²) in [4.78, 5) is 16.6. The molecule has 0 unspecified atom stereocenters. The minimum Gasteiger partial charge on any atom is -0.455 e. The van der Waals surface area contributed by atoms with Crippen LogP contribution in [0.2, 0.25) is 10.2 Å². The highest BCUT2D eigenvalue weighted by atomic mass is 35.5. The Balaban J connectivity index is 1.76. The molecule has 3 aromatic rings. The highest BCUT2D eigenvalue weighted by Crippen LogP contribution is 2.23. The third-order valence-electron chi connectivity index (χ3n) is 2.65. The van der Waals surface area contributed by atoms with E-state index in [9.17, 15) is 4.79 Å². The fraction of sp³-hybridized carbons (Fsp3) is 0.0833. The topological polar surface area (TPSA) is 82.8 Å². The first-order valence-corrected chi connectivity index (χ1v) is 7.57. The van der Waals surface area contributed by atoms with Crippen LogP contribution in [0, 0.1) is 0 Å². The molecule has 7 nitrogen and oxygen atoms in total. The number of hydrogen-bond donors (Lipinski definition) is 0. The van der Waals surface area contributed by atoms with Crippen LogP contribution in [0.15, 0.2) is 29.9 Å². The van der Waals surface area contributed by atoms with Crippen molar-refractivity contribution in [3.05, 3.63) is 50.7 Å². The van der Waals surface area contributed by atoms with Gasteiger partial charge < -0.3 is 4.74 Å². The van der Waals surface area contributed by atoms with Gasteiger partial charge in [-0.25, -0.2) is 9.78 Å². The first-order valence-electron chi connectivity index (χ1n) is 5.94. The van der Waals surface area contributed by atoms with Crippen molar-refractivity contribution in [3.8, 4) is 5.69 Å². The number of pyridine rings is 1. The van der Waals surface area contributed by atoms with Crippen LogP contribution < -0.4 is 0 Å². The summed E-state index contributed by atoms with van der Waals surface area (Å²) in [5, 5.41) is 13.2. The third kappa shape index (κ3) is 3.08. The molecule has 0 aliphatic carbocycles. The van der Waals surface area contributed by atoms with E-state index in [-0.39, 0.29) is 11.8 Å². The number of ether oxygens (including phenoxy) is 1. The van der Waals surface area contributed by atoms with Gasteiger partial charge in [0, 0.05) is 0 Å². The second-order valence-electron chi connectivity index (χ2n) is 4.03. The Kier molecular flexibility index (Phi) is 4.32. The van der Waals surface area contributed by atoms with E-state index in [4.69, 9.17) is 27.9 Å². The average molecular weight is 356 g/mol. The number of tetrazole rings is 1. The van der Waals surface area contributed by atoms with Gasteiger partial charge >= 0.3 is 5.97 Å². The van der Waals surface area contributed by atoms with Gasteiger partial charge in [-0.2, -0.15) is 4.68 Å². The lowest BCUT2D eigenvalue weighted by molar-refractivity contribution is 0.0473. The Morgan fingerprint density at radius 1 is 1.32 bits per heavy atom. The molecule has 3 aromatic heterocycles. The van der Waals surface area contributed by atoms with Gasteiger partial charge in [-0.1, -0.05) is 23.2 Å². The van der Waals surface area contributed by atoms with Gasteiger partial charge in [-0.05, 0) is 34.0 Å². The molecule has 0 saturated carbocycles. The van der Waals surface area contributed by atoms with Crippen LogP contribution in [-0.2, 0) is 11.3 Å². The summed E-state index contributed by atoms with van der Waals surface area (Å²) in [5.41, 5.74) is 0.938. The summed E-state index contributed by atoms with van der Waals surface area (Å²) in [7, 11) is 0. The van der Waals surface area contributed by atoms with E-state index in [1.807, 2.05) is 0 Å². The van der Waals surface area contributed by atoms with Crippen LogP contribution in [0.3, 0.4) is 0 Å². The molecule has 0 fully saturated rings. The number of rotatable bonds is 4. The van der Waals surface area contributed by atoms with E-state index in [0.717, 1.165) is 0 Å². The zero-order valence-corrected chi connectivity index (χ0v) is 13.1. The SMILES string of the molecule is O=C(OCc1nc(Cl)ccc1Cl)c1sccc1-n1cnnn1. The lowest BCUT2D eigenvalue weighted by Crippen LogP contribution is -2.08. The van der Waals surface area contributed by atoms with Crippen molar-refractivity contribution in [1.29, 1.82) is 0 Å². The molecule has 0 atom stereocenters. The van der Waals surface area contributed by atoms with Crippen LogP contribution in [0.1, 0.15) is 15.4 Å². The van der Waals surface area contributed by atoms with Crippen LogP contribution >= 0.6 is 34.5 Å². The van der Waals surface area contributed by atoms with Gasteiger partial charge in [0.2, 0.25) is 0 Å². The first kappa shape index (κ1) is 14.9. The Labute approximate surface area is 138 Å². The third-order valence-corrected chi connectivity index (χ3v) is 4.09. The highest BCUT2D eigenvalue weighted by molar-refractivity contribution is 7.12. The standard InChI is InChI=1S/C12H7Cl2N5O2S/c13-7-1-2-10(14)16-8(7)5-21-12(20)11-9(3-4-22-11)19-6-15-17-18-19/h1-4,6H,5H2. The largest absolute Gasteiger partial charge is 0.455 e. The summed E-state index contributed by atoms with van der Waals surface area (Å²) in [5.74, 6) is -0.515. The number of thiophene rings is 1. The van der Waals surface area contributed by atoms with E-state index >= 15 is 0 Å². The van der Waals surface area contributed by atoms with Crippen molar-refractivity contribution < 1.29 is 9.53 Å². The normalized spacial score (nSPS) is 10.6. The van der Waals surface area contributed by atoms with Crippen molar-refractivity contribution in [2.24, 2.45) is 0 Å². The van der Waals surface area contributed by atoms with Gasteiger partial charge in [-0.3, -0.25) is 0 Å². The number of carbonyl (C=O) groups excluding carboxylic acids is 1. The zero-order valence-electron chi connectivity index (χ0n) is 10.8. The maximum atomic E-state index is 12.2. The van der Waals surface area contributed by atoms with E-state index in [1.54, 1.807) is 23.6 Å². The van der Waals surface area contributed by atoms with Gasteiger partial charge in [0.25, 0.3) is 0 Å². The molecule has 0 N–H and O–H groups in total. The Bertz CT molecular complexity index is 806. The zero-order chi connectivity index (χ0) is 15.5. The number of carbonyl (C=O) groups is 1. The van der Waals surface area contributed by atoms with Gasteiger partial charge in [0.15, 0.2) is 0 Å². The smallest absolute Gasteiger partial charge is 0.350 e. The fourth-order valence-electron chi connectivity index (χ4n) is 1.67. The van der Waals surface area contributed by atoms with Crippen molar-refractivity contribution >= 4 is 40.5 Å². The molecular weight excluding hydrogens is 349 g/mol. The molecule has 0 saturated heterocycles. The number of halogens is 2. The van der Waals surface area contributed by atoms with Crippen molar-refractivity contribution in [2.75, 3.05) is 0 Å². The molecule has 10 heteroatoms. The summed E-state index contributed by atoms with van der Waals surface area (Å²) >= 11 is 13.0. The van der Waals surface area contributed by atoms with Gasteiger partial charge in [0.1, 0.15) is 23.0 Å². The van der Waals surface area contributed by atoms with E-state index in [2.05, 4.69) is 20.5 Å². The van der Waals surface area contributed by atoms with Crippen molar-refractivity contribution in [1.82, 2.24) is 25.2 Å².